The summed E-state index contributed by atoms with van der Waals surface area (Å²) in [4.78, 5) is 15.1. The van der Waals surface area contributed by atoms with Gasteiger partial charge in [-0.15, -0.1) is 0 Å². The minimum Gasteiger partial charge on any atom is -0.463 e. The van der Waals surface area contributed by atoms with Crippen LogP contribution in [0.5, 0.6) is 0 Å². The molecule has 0 fully saturated rings. The number of rotatable bonds is 3. The van der Waals surface area contributed by atoms with Crippen molar-refractivity contribution in [1.29, 1.82) is 0 Å². The summed E-state index contributed by atoms with van der Waals surface area (Å²) in [6.45, 7) is 3.56. The molecule has 0 aliphatic rings. The maximum atomic E-state index is 12.7. The van der Waals surface area contributed by atoms with Crippen LogP contribution in [0.15, 0.2) is 12.3 Å². The molecule has 0 aliphatic carbocycles. The Balaban J connectivity index is 2.68. The van der Waals surface area contributed by atoms with Crippen LogP contribution in [0, 0.1) is 9.39 Å². The summed E-state index contributed by atoms with van der Waals surface area (Å²) in [7, 11) is 0. The number of halogens is 2. The normalized spacial score (nSPS) is 10.5. The minimum absolute atomic E-state index is 0.0801. The summed E-state index contributed by atoms with van der Waals surface area (Å²) in [5.74, 6) is -0.748. The summed E-state index contributed by atoms with van der Waals surface area (Å²) in [6.07, 6.45) is 1.03. The van der Waals surface area contributed by atoms with Crippen LogP contribution in [0.3, 0.4) is 0 Å². The van der Waals surface area contributed by atoms with E-state index in [4.69, 9.17) is 4.74 Å². The summed E-state index contributed by atoms with van der Waals surface area (Å²) in [6, 6.07) is 1.34. The van der Waals surface area contributed by atoms with Gasteiger partial charge in [-0.1, -0.05) is 0 Å². The lowest BCUT2D eigenvalue weighted by Crippen LogP contribution is -2.15. The molecule has 1 aromatic rings. The van der Waals surface area contributed by atoms with E-state index in [1.165, 1.54) is 6.07 Å². The van der Waals surface area contributed by atoms with E-state index in [1.54, 1.807) is 13.8 Å². The Bertz CT molecular complexity index is 368. The number of esters is 1. The number of ether oxygens (including phenoxy) is 1. The molecule has 5 heteroatoms. The standard InChI is InChI=1S/C10H11FINO2/c1-6(2)15-10(14)4-9-8(12)3-7(11)5-13-9/h3,5-6H,4H2,1-2H3. The molecule has 1 rings (SSSR count). The number of pyridine rings is 1. The molecule has 82 valence electrons. The van der Waals surface area contributed by atoms with Gasteiger partial charge in [0.1, 0.15) is 5.82 Å². The third-order valence-corrected chi connectivity index (χ3v) is 2.50. The molecule has 0 spiro atoms. The first-order valence-corrected chi connectivity index (χ1v) is 5.56. The first-order valence-electron chi connectivity index (χ1n) is 4.48. The van der Waals surface area contributed by atoms with Gasteiger partial charge < -0.3 is 4.74 Å². The fraction of sp³-hybridized carbons (Fsp3) is 0.400. The molecule has 0 aliphatic heterocycles. The molecule has 3 nitrogen and oxygen atoms in total. The van der Waals surface area contributed by atoms with Crippen molar-refractivity contribution >= 4 is 28.6 Å². The van der Waals surface area contributed by atoms with Gasteiger partial charge >= 0.3 is 5.97 Å². The number of aromatic nitrogens is 1. The number of carbonyl (C=O) groups excluding carboxylic acids is 1. The van der Waals surface area contributed by atoms with Crippen LogP contribution >= 0.6 is 22.6 Å². The Morgan fingerprint density at radius 2 is 2.33 bits per heavy atom. The molecule has 0 bridgehead atoms. The van der Waals surface area contributed by atoms with Gasteiger partial charge in [-0.2, -0.15) is 0 Å². The van der Waals surface area contributed by atoms with E-state index in [2.05, 4.69) is 4.98 Å². The second kappa shape index (κ2) is 5.39. The molecule has 0 unspecified atom stereocenters. The molecule has 0 saturated carbocycles. The second-order valence-electron chi connectivity index (χ2n) is 3.30. The summed E-state index contributed by atoms with van der Waals surface area (Å²) >= 11 is 1.94. The monoisotopic (exact) mass is 323 g/mol. The van der Waals surface area contributed by atoms with Crippen molar-refractivity contribution in [3.05, 3.63) is 27.3 Å². The van der Waals surface area contributed by atoms with Crippen LogP contribution in [-0.2, 0) is 16.0 Å². The van der Waals surface area contributed by atoms with Gasteiger partial charge in [0.25, 0.3) is 0 Å². The summed E-state index contributed by atoms with van der Waals surface area (Å²) in [5.41, 5.74) is 0.544. The number of hydrogen-bond donors (Lipinski definition) is 0. The Hall–Kier alpha value is -0.720. The predicted molar refractivity (Wildman–Crippen MR) is 61.8 cm³/mol. The van der Waals surface area contributed by atoms with Crippen molar-refractivity contribution in [2.75, 3.05) is 0 Å². The molecule has 1 heterocycles. The van der Waals surface area contributed by atoms with E-state index in [0.29, 0.717) is 9.26 Å². The first-order chi connectivity index (χ1) is 6.99. The number of nitrogens with zero attached hydrogens (tertiary/aromatic N) is 1. The zero-order chi connectivity index (χ0) is 11.4. The van der Waals surface area contributed by atoms with E-state index in [1.807, 2.05) is 22.6 Å². The molecule has 1 aromatic heterocycles. The van der Waals surface area contributed by atoms with E-state index in [-0.39, 0.29) is 18.5 Å². The summed E-state index contributed by atoms with van der Waals surface area (Å²) in [5, 5.41) is 0. The molecular weight excluding hydrogens is 312 g/mol. The highest BCUT2D eigenvalue weighted by molar-refractivity contribution is 14.1. The minimum atomic E-state index is -0.402. The van der Waals surface area contributed by atoms with Gasteiger partial charge in [-0.3, -0.25) is 9.78 Å². The van der Waals surface area contributed by atoms with E-state index in [9.17, 15) is 9.18 Å². The smallest absolute Gasteiger partial charge is 0.312 e. The maximum Gasteiger partial charge on any atom is 0.312 e. The van der Waals surface area contributed by atoms with Gasteiger partial charge in [0, 0.05) is 3.57 Å². The maximum absolute atomic E-state index is 12.7. The van der Waals surface area contributed by atoms with Gasteiger partial charge in [0.05, 0.1) is 24.4 Å². The van der Waals surface area contributed by atoms with Crippen LogP contribution in [-0.4, -0.2) is 17.1 Å². The van der Waals surface area contributed by atoms with E-state index >= 15 is 0 Å². The Labute approximate surface area is 101 Å². The average molecular weight is 323 g/mol. The Kier molecular flexibility index (Phi) is 4.44. The fourth-order valence-corrected chi connectivity index (χ4v) is 1.64. The summed E-state index contributed by atoms with van der Waals surface area (Å²) < 4.78 is 18.3. The van der Waals surface area contributed by atoms with Crippen LogP contribution in [0.4, 0.5) is 4.39 Å². The molecule has 0 radical (unpaired) electrons. The third-order valence-electron chi connectivity index (χ3n) is 1.56. The van der Waals surface area contributed by atoms with Crippen molar-refractivity contribution in [1.82, 2.24) is 4.98 Å². The Morgan fingerprint density at radius 3 is 2.87 bits per heavy atom. The molecule has 0 aromatic carbocycles. The van der Waals surface area contributed by atoms with Crippen LogP contribution in [0.1, 0.15) is 19.5 Å². The lowest BCUT2D eigenvalue weighted by molar-refractivity contribution is -0.146. The largest absolute Gasteiger partial charge is 0.463 e. The highest BCUT2D eigenvalue weighted by atomic mass is 127. The highest BCUT2D eigenvalue weighted by Crippen LogP contribution is 2.12. The fourth-order valence-electron chi connectivity index (χ4n) is 1.01. The van der Waals surface area contributed by atoms with Crippen molar-refractivity contribution in [3.63, 3.8) is 0 Å². The zero-order valence-electron chi connectivity index (χ0n) is 8.46. The number of hydrogen-bond acceptors (Lipinski definition) is 3. The molecule has 0 amide bonds. The van der Waals surface area contributed by atoms with Crippen LogP contribution < -0.4 is 0 Å². The molecule has 0 atom stereocenters. The average Bonchev–Trinajstić information content (AvgIpc) is 2.08. The predicted octanol–water partition coefficient (Wildman–Crippen LogP) is 2.32. The van der Waals surface area contributed by atoms with Gasteiger partial charge in [-0.25, -0.2) is 4.39 Å². The molecular formula is C10H11FINO2. The van der Waals surface area contributed by atoms with E-state index in [0.717, 1.165) is 6.20 Å². The lowest BCUT2D eigenvalue weighted by Gasteiger charge is -2.08. The quantitative estimate of drug-likeness (QED) is 0.633. The molecule has 0 saturated heterocycles. The zero-order valence-corrected chi connectivity index (χ0v) is 10.6. The first kappa shape index (κ1) is 12.4. The Morgan fingerprint density at radius 1 is 1.67 bits per heavy atom. The highest BCUT2D eigenvalue weighted by Gasteiger charge is 2.11. The van der Waals surface area contributed by atoms with Crippen molar-refractivity contribution < 1.29 is 13.9 Å². The molecule has 15 heavy (non-hydrogen) atoms. The van der Waals surface area contributed by atoms with Crippen LogP contribution in [0.2, 0.25) is 0 Å². The molecule has 0 N–H and O–H groups in total. The topological polar surface area (TPSA) is 39.2 Å². The van der Waals surface area contributed by atoms with Crippen LogP contribution in [0.25, 0.3) is 0 Å². The van der Waals surface area contributed by atoms with Gasteiger partial charge in [0.15, 0.2) is 0 Å². The van der Waals surface area contributed by atoms with E-state index < -0.39 is 5.82 Å². The number of carbonyl (C=O) groups is 1. The van der Waals surface area contributed by atoms with Crippen molar-refractivity contribution in [2.24, 2.45) is 0 Å². The SMILES string of the molecule is CC(C)OC(=O)Cc1ncc(F)cc1I. The van der Waals surface area contributed by atoms with Crippen molar-refractivity contribution in [3.8, 4) is 0 Å². The van der Waals surface area contributed by atoms with Gasteiger partial charge in [-0.05, 0) is 42.5 Å². The van der Waals surface area contributed by atoms with Crippen molar-refractivity contribution in [2.45, 2.75) is 26.4 Å². The second-order valence-corrected chi connectivity index (χ2v) is 4.46. The van der Waals surface area contributed by atoms with Gasteiger partial charge in [0.2, 0.25) is 0 Å². The lowest BCUT2D eigenvalue weighted by atomic mass is 10.3. The third kappa shape index (κ3) is 4.11.